The summed E-state index contributed by atoms with van der Waals surface area (Å²) >= 11 is 1.77. The molecule has 1 nitrogen and oxygen atoms in total. The maximum Gasteiger partial charge on any atom is 0.120 e. The second-order valence-electron chi connectivity index (χ2n) is 5.86. The van der Waals surface area contributed by atoms with E-state index in [-0.39, 0.29) is 0 Å². The monoisotopic (exact) mass is 342 g/mol. The van der Waals surface area contributed by atoms with Crippen LogP contribution in [-0.2, 0) is 6.61 Å². The summed E-state index contributed by atoms with van der Waals surface area (Å²) in [7, 11) is 0. The van der Waals surface area contributed by atoms with Crippen LogP contribution >= 0.6 is 11.8 Å². The summed E-state index contributed by atoms with van der Waals surface area (Å²) in [5.41, 5.74) is 1.17. The zero-order chi connectivity index (χ0) is 16.9. The minimum atomic E-state index is 0.578. The number of ether oxygens (including phenoxy) is 1. The zero-order valence-corrected chi connectivity index (χ0v) is 14.6. The Kier molecular flexibility index (Phi) is 4.71. The summed E-state index contributed by atoms with van der Waals surface area (Å²) in [5, 5.41) is 2.44. The van der Waals surface area contributed by atoms with Crippen molar-refractivity contribution in [2.45, 2.75) is 16.4 Å². The highest BCUT2D eigenvalue weighted by Gasteiger charge is 2.00. The minimum Gasteiger partial charge on any atom is -0.489 e. The van der Waals surface area contributed by atoms with Crippen LogP contribution in [0.15, 0.2) is 107 Å². The molecule has 0 N–H and O–H groups in total. The second-order valence-corrected chi connectivity index (χ2v) is 7.00. The number of fused-ring (bicyclic) bond motifs is 1. The van der Waals surface area contributed by atoms with Crippen molar-refractivity contribution in [1.82, 2.24) is 0 Å². The fourth-order valence-corrected chi connectivity index (χ4v) is 3.54. The molecular weight excluding hydrogens is 324 g/mol. The standard InChI is InChI=1S/C23H18OS/c1-2-8-22(9-3-1)25-23-14-10-18(11-15-23)17-24-21-13-12-19-6-4-5-7-20(19)16-21/h1-16H,17H2. The third-order valence-electron chi connectivity index (χ3n) is 4.03. The van der Waals surface area contributed by atoms with Crippen molar-refractivity contribution in [3.05, 3.63) is 103 Å². The summed E-state index contributed by atoms with van der Waals surface area (Å²) < 4.78 is 5.95. The smallest absolute Gasteiger partial charge is 0.120 e. The van der Waals surface area contributed by atoms with E-state index in [1.807, 2.05) is 12.1 Å². The molecule has 0 bridgehead atoms. The van der Waals surface area contributed by atoms with E-state index in [1.54, 1.807) is 11.8 Å². The Morgan fingerprint density at radius 2 is 1.28 bits per heavy atom. The molecule has 2 heteroatoms. The molecule has 0 aliphatic heterocycles. The van der Waals surface area contributed by atoms with Gasteiger partial charge >= 0.3 is 0 Å². The highest BCUT2D eigenvalue weighted by atomic mass is 32.2. The molecule has 0 heterocycles. The average molecular weight is 342 g/mol. The van der Waals surface area contributed by atoms with E-state index in [0.717, 1.165) is 5.75 Å². The maximum atomic E-state index is 5.95. The van der Waals surface area contributed by atoms with Gasteiger partial charge in [0.1, 0.15) is 12.4 Å². The quantitative estimate of drug-likeness (QED) is 0.405. The van der Waals surface area contributed by atoms with E-state index in [4.69, 9.17) is 4.74 Å². The third-order valence-corrected chi connectivity index (χ3v) is 5.04. The van der Waals surface area contributed by atoms with Crippen molar-refractivity contribution in [2.24, 2.45) is 0 Å². The van der Waals surface area contributed by atoms with Gasteiger partial charge in [0.15, 0.2) is 0 Å². The SMILES string of the molecule is c1ccc(Sc2ccc(COc3ccc4ccccc4c3)cc2)cc1. The first-order valence-electron chi connectivity index (χ1n) is 8.30. The van der Waals surface area contributed by atoms with Gasteiger partial charge in [0.2, 0.25) is 0 Å². The second kappa shape index (κ2) is 7.45. The van der Waals surface area contributed by atoms with Crippen molar-refractivity contribution in [2.75, 3.05) is 0 Å². The molecule has 0 aliphatic rings. The summed E-state index contributed by atoms with van der Waals surface area (Å²) in [6.07, 6.45) is 0. The molecule has 0 radical (unpaired) electrons. The number of hydrogen-bond donors (Lipinski definition) is 0. The fourth-order valence-electron chi connectivity index (χ4n) is 2.70. The van der Waals surface area contributed by atoms with Crippen LogP contribution in [0, 0.1) is 0 Å². The summed E-state index contributed by atoms with van der Waals surface area (Å²) in [6, 6.07) is 33.5. The van der Waals surface area contributed by atoms with Gasteiger partial charge in [0.25, 0.3) is 0 Å². The van der Waals surface area contributed by atoms with Gasteiger partial charge in [-0.05, 0) is 52.7 Å². The van der Waals surface area contributed by atoms with Crippen LogP contribution in [0.25, 0.3) is 10.8 Å². The van der Waals surface area contributed by atoms with Crippen molar-refractivity contribution < 1.29 is 4.74 Å². The minimum absolute atomic E-state index is 0.578. The van der Waals surface area contributed by atoms with Gasteiger partial charge in [0, 0.05) is 9.79 Å². The van der Waals surface area contributed by atoms with Gasteiger partial charge in [-0.25, -0.2) is 0 Å². The van der Waals surface area contributed by atoms with Gasteiger partial charge in [0.05, 0.1) is 0 Å². The van der Waals surface area contributed by atoms with Crippen LogP contribution < -0.4 is 4.74 Å². The van der Waals surface area contributed by atoms with Crippen LogP contribution in [0.5, 0.6) is 5.75 Å². The summed E-state index contributed by atoms with van der Waals surface area (Å²) in [5.74, 6) is 0.904. The lowest BCUT2D eigenvalue weighted by molar-refractivity contribution is 0.306. The van der Waals surface area contributed by atoms with Gasteiger partial charge in [-0.3, -0.25) is 0 Å². The molecule has 0 atom stereocenters. The molecule has 0 saturated carbocycles. The van der Waals surface area contributed by atoms with Crippen LogP contribution in [0.2, 0.25) is 0 Å². The number of benzene rings is 4. The largest absolute Gasteiger partial charge is 0.489 e. The Labute approximate surface area is 152 Å². The average Bonchev–Trinajstić information content (AvgIpc) is 2.68. The van der Waals surface area contributed by atoms with Gasteiger partial charge in [-0.2, -0.15) is 0 Å². The van der Waals surface area contributed by atoms with Crippen LogP contribution in [0.4, 0.5) is 0 Å². The van der Waals surface area contributed by atoms with Gasteiger partial charge < -0.3 is 4.74 Å². The Morgan fingerprint density at radius 3 is 2.08 bits per heavy atom. The Bertz CT molecular complexity index is 962. The lowest BCUT2D eigenvalue weighted by Crippen LogP contribution is -1.95. The summed E-state index contributed by atoms with van der Waals surface area (Å²) in [4.78, 5) is 2.49. The van der Waals surface area contributed by atoms with Crippen molar-refractivity contribution in [3.8, 4) is 5.75 Å². The molecule has 4 rings (SSSR count). The third kappa shape index (κ3) is 4.04. The van der Waals surface area contributed by atoms with Gasteiger partial charge in [-0.15, -0.1) is 0 Å². The highest BCUT2D eigenvalue weighted by molar-refractivity contribution is 7.99. The summed E-state index contributed by atoms with van der Waals surface area (Å²) in [6.45, 7) is 0.578. The lowest BCUT2D eigenvalue weighted by Gasteiger charge is -2.08. The molecule has 122 valence electrons. The highest BCUT2D eigenvalue weighted by Crippen LogP contribution is 2.27. The predicted octanol–water partition coefficient (Wildman–Crippen LogP) is 6.57. The molecular formula is C23H18OS. The molecule has 4 aromatic rings. The van der Waals surface area contributed by atoms with Crippen LogP contribution in [0.1, 0.15) is 5.56 Å². The maximum absolute atomic E-state index is 5.95. The van der Waals surface area contributed by atoms with E-state index >= 15 is 0 Å². The topological polar surface area (TPSA) is 9.23 Å². The van der Waals surface area contributed by atoms with E-state index in [0.29, 0.717) is 6.61 Å². The van der Waals surface area contributed by atoms with Crippen molar-refractivity contribution in [1.29, 1.82) is 0 Å². The number of hydrogen-bond acceptors (Lipinski definition) is 2. The normalized spacial score (nSPS) is 10.7. The first-order chi connectivity index (χ1) is 12.4. The number of rotatable bonds is 5. The molecule has 0 saturated heterocycles. The molecule has 25 heavy (non-hydrogen) atoms. The first kappa shape index (κ1) is 15.8. The molecule has 0 fully saturated rings. The lowest BCUT2D eigenvalue weighted by atomic mass is 10.1. The molecule has 0 aromatic heterocycles. The fraction of sp³-hybridized carbons (Fsp3) is 0.0435. The Balaban J connectivity index is 1.40. The van der Waals surface area contributed by atoms with Crippen molar-refractivity contribution in [3.63, 3.8) is 0 Å². The van der Waals surface area contributed by atoms with E-state index < -0.39 is 0 Å². The van der Waals surface area contributed by atoms with Gasteiger partial charge in [-0.1, -0.05) is 72.4 Å². The van der Waals surface area contributed by atoms with Crippen LogP contribution in [0.3, 0.4) is 0 Å². The Hall–Kier alpha value is -2.71. The zero-order valence-electron chi connectivity index (χ0n) is 13.8. The molecule has 0 aliphatic carbocycles. The first-order valence-corrected chi connectivity index (χ1v) is 9.12. The molecule has 0 amide bonds. The van der Waals surface area contributed by atoms with E-state index in [1.165, 1.54) is 26.1 Å². The van der Waals surface area contributed by atoms with Crippen LogP contribution in [-0.4, -0.2) is 0 Å². The van der Waals surface area contributed by atoms with E-state index in [9.17, 15) is 0 Å². The molecule has 4 aromatic carbocycles. The Morgan fingerprint density at radius 1 is 0.600 bits per heavy atom. The van der Waals surface area contributed by atoms with Crippen molar-refractivity contribution >= 4 is 22.5 Å². The van der Waals surface area contributed by atoms with E-state index in [2.05, 4.69) is 84.9 Å². The molecule has 0 unspecified atom stereocenters. The predicted molar refractivity (Wildman–Crippen MR) is 105 cm³/mol. The molecule has 0 spiro atoms.